The average molecular weight is 450 g/mol. The lowest BCUT2D eigenvalue weighted by atomic mass is 10.1. The summed E-state index contributed by atoms with van der Waals surface area (Å²) in [5.41, 5.74) is 7.84. The van der Waals surface area contributed by atoms with Crippen molar-refractivity contribution in [2.75, 3.05) is 5.43 Å². The van der Waals surface area contributed by atoms with Gasteiger partial charge in [0.05, 0.1) is 10.9 Å². The Morgan fingerprint density at radius 2 is 1.97 bits per heavy atom. The molecule has 0 aliphatic carbocycles. The summed E-state index contributed by atoms with van der Waals surface area (Å²) in [6.07, 6.45) is 0.156. The van der Waals surface area contributed by atoms with E-state index in [1.807, 2.05) is 44.2 Å². The van der Waals surface area contributed by atoms with Gasteiger partial charge >= 0.3 is 0 Å². The maximum atomic E-state index is 12.7. The van der Waals surface area contributed by atoms with E-state index in [2.05, 4.69) is 26.0 Å². The van der Waals surface area contributed by atoms with Gasteiger partial charge in [0.15, 0.2) is 10.6 Å². The van der Waals surface area contributed by atoms with Crippen LogP contribution in [0.25, 0.3) is 22.3 Å². The van der Waals surface area contributed by atoms with Gasteiger partial charge in [-0.2, -0.15) is 5.10 Å². The fourth-order valence-electron chi connectivity index (χ4n) is 3.49. The van der Waals surface area contributed by atoms with Crippen LogP contribution >= 0.6 is 12.2 Å². The van der Waals surface area contributed by atoms with E-state index in [0.29, 0.717) is 34.6 Å². The molecule has 4 aromatic rings. The number of benzene rings is 2. The number of hydrogen-bond acceptors (Lipinski definition) is 6. The minimum absolute atomic E-state index is 0.156. The van der Waals surface area contributed by atoms with E-state index in [1.165, 1.54) is 4.57 Å². The van der Waals surface area contributed by atoms with Gasteiger partial charge in [0.2, 0.25) is 11.9 Å². The van der Waals surface area contributed by atoms with E-state index in [9.17, 15) is 9.59 Å². The lowest BCUT2D eigenvalue weighted by Crippen LogP contribution is -2.34. The molecule has 10 heteroatoms. The molecule has 2 aromatic heterocycles. The van der Waals surface area contributed by atoms with Gasteiger partial charge < -0.3 is 0 Å². The van der Waals surface area contributed by atoms with E-state index in [0.717, 1.165) is 11.1 Å². The van der Waals surface area contributed by atoms with Crippen molar-refractivity contribution in [3.63, 3.8) is 0 Å². The predicted molar refractivity (Wildman–Crippen MR) is 126 cm³/mol. The van der Waals surface area contributed by atoms with Crippen LogP contribution in [0.5, 0.6) is 0 Å². The number of aryl methyl sites for hydroxylation is 1. The Kier molecular flexibility index (Phi) is 6.13. The molecule has 9 nitrogen and oxygen atoms in total. The molecule has 3 N–H and O–H groups in total. The summed E-state index contributed by atoms with van der Waals surface area (Å²) in [4.78, 5) is 29.7. The van der Waals surface area contributed by atoms with E-state index < -0.39 is 0 Å². The zero-order chi connectivity index (χ0) is 22.7. The van der Waals surface area contributed by atoms with E-state index in [-0.39, 0.29) is 23.8 Å². The summed E-state index contributed by atoms with van der Waals surface area (Å²) in [6, 6.07) is 15.0. The molecule has 32 heavy (non-hydrogen) atoms. The highest BCUT2D eigenvalue weighted by atomic mass is 32.1. The summed E-state index contributed by atoms with van der Waals surface area (Å²) >= 11 is 5.34. The molecular weight excluding hydrogens is 426 g/mol. The number of H-pyrrole nitrogens is 1. The Bertz CT molecular complexity index is 1400. The fourth-order valence-corrected chi connectivity index (χ4v) is 3.71. The third-order valence-electron chi connectivity index (χ3n) is 5.09. The highest BCUT2D eigenvalue weighted by Gasteiger charge is 2.13. The van der Waals surface area contributed by atoms with Crippen LogP contribution in [0.4, 0.5) is 5.95 Å². The van der Waals surface area contributed by atoms with Crippen molar-refractivity contribution in [1.29, 1.82) is 0 Å². The molecule has 0 unspecified atom stereocenters. The number of fused-ring (bicyclic) bond motifs is 1. The second-order valence-corrected chi connectivity index (χ2v) is 7.69. The summed E-state index contributed by atoms with van der Waals surface area (Å²) in [5, 5.41) is 7.64. The van der Waals surface area contributed by atoms with Gasteiger partial charge in [-0.1, -0.05) is 35.9 Å². The minimum Gasteiger partial charge on any atom is -0.300 e. The number of carbonyl (C=O) groups is 1. The van der Waals surface area contributed by atoms with Gasteiger partial charge in [0.1, 0.15) is 0 Å². The van der Waals surface area contributed by atoms with Crippen LogP contribution in [0.2, 0.25) is 0 Å². The van der Waals surface area contributed by atoms with Crippen LogP contribution in [0.3, 0.4) is 0 Å². The molecule has 0 fully saturated rings. The standard InChI is InChI=1S/C22H23N7O2S/c1-3-28-20(31)16-9-4-5-10-17(16)23-21(28)26-24-18(30)11-12-29-19(25-27-22(29)32)15-8-6-7-14(2)13-15/h4-10,13H,3,11-12H2,1-2H3,(H,23,26)(H,24,30)(H,27,32). The number of nitrogens with one attached hydrogen (secondary N) is 3. The SMILES string of the molecule is CCn1c(NNC(=O)CCn2c(-c3cccc(C)c3)n[nH]c2=S)nc2ccccc2c1=O. The van der Waals surface area contributed by atoms with Crippen LogP contribution in [0, 0.1) is 11.7 Å². The number of hydrogen-bond donors (Lipinski definition) is 3. The number of anilines is 1. The first-order valence-corrected chi connectivity index (χ1v) is 10.7. The van der Waals surface area contributed by atoms with Crippen LogP contribution in [0.15, 0.2) is 53.3 Å². The van der Waals surface area contributed by atoms with Crippen molar-refractivity contribution in [3.05, 3.63) is 69.2 Å². The topological polar surface area (TPSA) is 110 Å². The molecule has 0 aliphatic heterocycles. The Morgan fingerprint density at radius 1 is 1.16 bits per heavy atom. The summed E-state index contributed by atoms with van der Waals surface area (Å²) in [7, 11) is 0. The molecule has 1 amide bonds. The van der Waals surface area contributed by atoms with Gasteiger partial charge in [0, 0.05) is 25.1 Å². The lowest BCUT2D eigenvalue weighted by molar-refractivity contribution is -0.120. The van der Waals surface area contributed by atoms with Gasteiger partial charge in [-0.05, 0) is 44.3 Å². The van der Waals surface area contributed by atoms with Crippen LogP contribution in [-0.2, 0) is 17.9 Å². The molecule has 4 rings (SSSR count). The molecule has 2 aromatic carbocycles. The summed E-state index contributed by atoms with van der Waals surface area (Å²) < 4.78 is 3.71. The monoisotopic (exact) mass is 449 g/mol. The second kappa shape index (κ2) is 9.15. The van der Waals surface area contributed by atoms with Crippen molar-refractivity contribution < 1.29 is 4.79 Å². The zero-order valence-electron chi connectivity index (χ0n) is 17.8. The lowest BCUT2D eigenvalue weighted by Gasteiger charge is -2.14. The van der Waals surface area contributed by atoms with Crippen LogP contribution < -0.4 is 16.4 Å². The molecule has 0 radical (unpaired) electrons. The average Bonchev–Trinajstić information content (AvgIpc) is 3.16. The fraction of sp³-hybridized carbons (Fsp3) is 0.227. The maximum absolute atomic E-state index is 12.7. The number of rotatable bonds is 7. The van der Waals surface area contributed by atoms with E-state index >= 15 is 0 Å². The third-order valence-corrected chi connectivity index (χ3v) is 5.40. The highest BCUT2D eigenvalue weighted by molar-refractivity contribution is 7.71. The first-order chi connectivity index (χ1) is 15.5. The van der Waals surface area contributed by atoms with Gasteiger partial charge in [-0.25, -0.2) is 4.98 Å². The van der Waals surface area contributed by atoms with Crippen LogP contribution in [0.1, 0.15) is 18.9 Å². The molecule has 0 bridgehead atoms. The minimum atomic E-state index is -0.270. The first kappa shape index (κ1) is 21.4. The number of aromatic amines is 1. The van der Waals surface area contributed by atoms with Crippen molar-refractivity contribution >= 4 is 35.0 Å². The normalized spacial score (nSPS) is 10.9. The number of carbonyl (C=O) groups excluding carboxylic acids is 1. The van der Waals surface area contributed by atoms with E-state index in [1.54, 1.807) is 22.8 Å². The summed E-state index contributed by atoms with van der Waals surface area (Å²) in [6.45, 7) is 4.61. The third kappa shape index (κ3) is 4.30. The number of hydrazine groups is 1. The number of para-hydroxylation sites is 1. The Hall–Kier alpha value is -3.79. The molecule has 164 valence electrons. The van der Waals surface area contributed by atoms with Gasteiger partial charge in [-0.15, -0.1) is 0 Å². The highest BCUT2D eigenvalue weighted by Crippen LogP contribution is 2.19. The zero-order valence-corrected chi connectivity index (χ0v) is 18.6. The second-order valence-electron chi connectivity index (χ2n) is 7.30. The molecule has 0 atom stereocenters. The molecule has 0 spiro atoms. The molecule has 2 heterocycles. The first-order valence-electron chi connectivity index (χ1n) is 10.2. The van der Waals surface area contributed by atoms with Gasteiger partial charge in [0.25, 0.3) is 5.56 Å². The Balaban J connectivity index is 1.47. The molecule has 0 saturated heterocycles. The van der Waals surface area contributed by atoms with Crippen molar-refractivity contribution in [2.24, 2.45) is 0 Å². The van der Waals surface area contributed by atoms with E-state index in [4.69, 9.17) is 12.2 Å². The molecular formula is C22H23N7O2S. The van der Waals surface area contributed by atoms with Crippen molar-refractivity contribution in [1.82, 2.24) is 29.7 Å². The Morgan fingerprint density at radius 3 is 2.75 bits per heavy atom. The number of aromatic nitrogens is 5. The van der Waals surface area contributed by atoms with Crippen molar-refractivity contribution in [3.8, 4) is 11.4 Å². The predicted octanol–water partition coefficient (Wildman–Crippen LogP) is 3.18. The molecule has 0 saturated carbocycles. The Labute approximate surface area is 189 Å². The van der Waals surface area contributed by atoms with Crippen LogP contribution in [-0.4, -0.2) is 30.2 Å². The molecule has 0 aliphatic rings. The van der Waals surface area contributed by atoms with Gasteiger partial charge in [-0.3, -0.25) is 34.7 Å². The largest absolute Gasteiger partial charge is 0.300 e. The number of amides is 1. The smallest absolute Gasteiger partial charge is 0.262 e. The number of nitrogens with zero attached hydrogens (tertiary/aromatic N) is 4. The van der Waals surface area contributed by atoms with Crippen molar-refractivity contribution in [2.45, 2.75) is 33.4 Å². The maximum Gasteiger partial charge on any atom is 0.262 e. The summed E-state index contributed by atoms with van der Waals surface area (Å²) in [5.74, 6) is 0.689. The quantitative estimate of drug-likeness (QED) is 0.295.